The molecule has 0 saturated carbocycles. The van der Waals surface area contributed by atoms with Gasteiger partial charge in [0.05, 0.1) is 12.9 Å². The third kappa shape index (κ3) is 7.28. The van der Waals surface area contributed by atoms with Gasteiger partial charge in [-0.25, -0.2) is 0 Å². The first-order valence-corrected chi connectivity index (χ1v) is 12.1. The molecule has 0 saturated heterocycles. The van der Waals surface area contributed by atoms with Gasteiger partial charge in [0.2, 0.25) is 5.91 Å². The van der Waals surface area contributed by atoms with Crippen molar-refractivity contribution in [3.63, 3.8) is 0 Å². The van der Waals surface area contributed by atoms with Crippen LogP contribution in [0.1, 0.15) is 32.7 Å². The quantitative estimate of drug-likeness (QED) is 0.332. The molecule has 1 heterocycles. The normalized spacial score (nSPS) is 12.0. The predicted molar refractivity (Wildman–Crippen MR) is 133 cm³/mol. The fourth-order valence-corrected chi connectivity index (χ4v) is 4.39. The van der Waals surface area contributed by atoms with E-state index < -0.39 is 0 Å². The van der Waals surface area contributed by atoms with Crippen LogP contribution in [0.5, 0.6) is 11.5 Å². The summed E-state index contributed by atoms with van der Waals surface area (Å²) in [5.74, 6) is 2.49. The van der Waals surface area contributed by atoms with Crippen molar-refractivity contribution in [2.24, 2.45) is 5.92 Å². The Kier molecular flexibility index (Phi) is 8.88. The Morgan fingerprint density at radius 3 is 2.30 bits per heavy atom. The van der Waals surface area contributed by atoms with Gasteiger partial charge in [0.25, 0.3) is 0 Å². The molecule has 1 atom stereocenters. The first-order valence-electron chi connectivity index (χ1n) is 10.4. The van der Waals surface area contributed by atoms with Gasteiger partial charge in [0, 0.05) is 22.3 Å². The minimum Gasteiger partial charge on any atom is -0.497 e. The van der Waals surface area contributed by atoms with Crippen molar-refractivity contribution in [1.82, 2.24) is 14.8 Å². The number of halogens is 2. The van der Waals surface area contributed by atoms with E-state index in [4.69, 9.17) is 32.7 Å². The first kappa shape index (κ1) is 25.2. The van der Waals surface area contributed by atoms with E-state index in [1.807, 2.05) is 35.8 Å². The van der Waals surface area contributed by atoms with Crippen molar-refractivity contribution in [2.75, 3.05) is 18.2 Å². The van der Waals surface area contributed by atoms with E-state index >= 15 is 0 Å². The summed E-state index contributed by atoms with van der Waals surface area (Å²) in [6, 6.07) is 12.3. The highest BCUT2D eigenvalue weighted by molar-refractivity contribution is 7.99. The summed E-state index contributed by atoms with van der Waals surface area (Å²) in [4.78, 5) is 12.5. The molecule has 0 aliphatic heterocycles. The number of methoxy groups -OCH3 is 1. The molecule has 0 aliphatic carbocycles. The molecule has 176 valence electrons. The number of nitrogens with zero attached hydrogens (tertiary/aromatic N) is 3. The first-order chi connectivity index (χ1) is 15.7. The molecule has 0 bridgehead atoms. The third-order valence-corrected chi connectivity index (χ3v) is 5.91. The third-order valence-electron chi connectivity index (χ3n) is 4.51. The fraction of sp³-hybridized carbons (Fsp3) is 0.348. The lowest BCUT2D eigenvalue weighted by Crippen LogP contribution is -2.17. The van der Waals surface area contributed by atoms with Gasteiger partial charge >= 0.3 is 0 Å². The molecule has 3 rings (SSSR count). The number of rotatable bonds is 10. The fourth-order valence-electron chi connectivity index (χ4n) is 3.11. The van der Waals surface area contributed by atoms with Gasteiger partial charge in [-0.15, -0.1) is 10.2 Å². The summed E-state index contributed by atoms with van der Waals surface area (Å²) in [5.41, 5.74) is 0.545. The van der Waals surface area contributed by atoms with Crippen LogP contribution in [0.2, 0.25) is 10.0 Å². The molecule has 1 unspecified atom stereocenters. The van der Waals surface area contributed by atoms with Crippen LogP contribution in [-0.4, -0.2) is 33.5 Å². The van der Waals surface area contributed by atoms with Gasteiger partial charge in [-0.2, -0.15) is 0 Å². The van der Waals surface area contributed by atoms with Gasteiger partial charge in [-0.3, -0.25) is 4.79 Å². The molecular weight excluding hydrogens is 483 g/mol. The predicted octanol–water partition coefficient (Wildman–Crippen LogP) is 6.12. The van der Waals surface area contributed by atoms with E-state index in [2.05, 4.69) is 29.4 Å². The Morgan fingerprint density at radius 1 is 1.06 bits per heavy atom. The van der Waals surface area contributed by atoms with Crippen molar-refractivity contribution in [3.8, 4) is 11.5 Å². The van der Waals surface area contributed by atoms with Crippen molar-refractivity contribution in [3.05, 3.63) is 58.3 Å². The Balaban J connectivity index is 1.69. The minimum atomic E-state index is -0.332. The summed E-state index contributed by atoms with van der Waals surface area (Å²) in [7, 11) is 1.62. The topological polar surface area (TPSA) is 78.3 Å². The molecule has 1 aromatic heterocycles. The summed E-state index contributed by atoms with van der Waals surface area (Å²) < 4.78 is 13.3. The zero-order valence-corrected chi connectivity index (χ0v) is 21.2. The maximum Gasteiger partial charge on any atom is 0.234 e. The van der Waals surface area contributed by atoms with Gasteiger partial charge < -0.3 is 19.4 Å². The van der Waals surface area contributed by atoms with Crippen LogP contribution in [0.4, 0.5) is 5.69 Å². The van der Waals surface area contributed by atoms with Gasteiger partial charge in [0.15, 0.2) is 17.1 Å². The van der Waals surface area contributed by atoms with E-state index in [1.165, 1.54) is 11.8 Å². The van der Waals surface area contributed by atoms with E-state index in [-0.39, 0.29) is 17.8 Å². The number of carbonyl (C=O) groups excluding carboxylic acids is 1. The molecule has 0 fully saturated rings. The molecule has 10 heteroatoms. The number of hydrogen-bond acceptors (Lipinski definition) is 6. The van der Waals surface area contributed by atoms with Crippen LogP contribution in [0.3, 0.4) is 0 Å². The van der Waals surface area contributed by atoms with Crippen molar-refractivity contribution in [2.45, 2.75) is 38.6 Å². The zero-order chi connectivity index (χ0) is 24.0. The van der Waals surface area contributed by atoms with E-state index in [0.717, 1.165) is 5.75 Å². The van der Waals surface area contributed by atoms with Crippen molar-refractivity contribution < 1.29 is 14.3 Å². The van der Waals surface area contributed by atoms with E-state index in [1.54, 1.807) is 25.3 Å². The Bertz CT molecular complexity index is 1070. The maximum atomic E-state index is 12.5. The molecule has 0 radical (unpaired) electrons. The monoisotopic (exact) mass is 508 g/mol. The SMILES string of the molecule is COc1ccc(OC(C)c2nnc(SCC(=O)Nc3cc(Cl)cc(Cl)c3)n2CC(C)C)cc1. The highest BCUT2D eigenvalue weighted by Crippen LogP contribution is 2.27. The van der Waals surface area contributed by atoms with Crippen LogP contribution < -0.4 is 14.8 Å². The van der Waals surface area contributed by atoms with Gasteiger partial charge in [-0.05, 0) is 55.3 Å². The number of aromatic nitrogens is 3. The van der Waals surface area contributed by atoms with Gasteiger partial charge in [0.1, 0.15) is 11.5 Å². The standard InChI is InChI=1S/C23H26Cl2N4O3S/c1-14(2)12-29-22(15(3)32-20-7-5-19(31-4)6-8-20)27-28-23(29)33-13-21(30)26-18-10-16(24)9-17(25)11-18/h5-11,14-15H,12-13H2,1-4H3,(H,26,30). The molecule has 0 spiro atoms. The zero-order valence-electron chi connectivity index (χ0n) is 18.8. The number of anilines is 1. The molecule has 1 amide bonds. The number of hydrogen-bond donors (Lipinski definition) is 1. The minimum absolute atomic E-state index is 0.161. The second kappa shape index (κ2) is 11.6. The summed E-state index contributed by atoms with van der Waals surface area (Å²) in [6.07, 6.45) is -0.332. The Labute approximate surface area is 207 Å². The smallest absolute Gasteiger partial charge is 0.234 e. The van der Waals surface area contributed by atoms with Crippen LogP contribution >= 0.6 is 35.0 Å². The number of carbonyl (C=O) groups is 1. The van der Waals surface area contributed by atoms with Crippen LogP contribution in [0.25, 0.3) is 0 Å². The van der Waals surface area contributed by atoms with Crippen molar-refractivity contribution in [1.29, 1.82) is 0 Å². The second-order valence-corrected chi connectivity index (χ2v) is 9.59. The number of nitrogens with one attached hydrogen (secondary N) is 1. The molecule has 3 aromatic rings. The number of amides is 1. The summed E-state index contributed by atoms with van der Waals surface area (Å²) in [6.45, 7) is 6.85. The highest BCUT2D eigenvalue weighted by atomic mass is 35.5. The average Bonchev–Trinajstić information content (AvgIpc) is 3.14. The summed E-state index contributed by atoms with van der Waals surface area (Å²) >= 11 is 13.3. The second-order valence-electron chi connectivity index (χ2n) is 7.78. The molecular formula is C23H26Cl2N4O3S. The van der Waals surface area contributed by atoms with E-state index in [0.29, 0.717) is 44.9 Å². The average molecular weight is 509 g/mol. The molecule has 33 heavy (non-hydrogen) atoms. The molecule has 1 N–H and O–H groups in total. The molecule has 2 aromatic carbocycles. The molecule has 7 nitrogen and oxygen atoms in total. The molecule has 0 aliphatic rings. The number of ether oxygens (including phenoxy) is 2. The van der Waals surface area contributed by atoms with Crippen LogP contribution in [0, 0.1) is 5.92 Å². The van der Waals surface area contributed by atoms with Crippen LogP contribution in [0.15, 0.2) is 47.6 Å². The van der Waals surface area contributed by atoms with E-state index in [9.17, 15) is 4.79 Å². The number of benzene rings is 2. The largest absolute Gasteiger partial charge is 0.497 e. The Morgan fingerprint density at radius 2 is 1.70 bits per heavy atom. The lowest BCUT2D eigenvalue weighted by atomic mass is 10.2. The Hall–Kier alpha value is -2.42. The van der Waals surface area contributed by atoms with Gasteiger partial charge in [-0.1, -0.05) is 48.8 Å². The van der Waals surface area contributed by atoms with Crippen molar-refractivity contribution >= 4 is 46.6 Å². The van der Waals surface area contributed by atoms with Crippen LogP contribution in [-0.2, 0) is 11.3 Å². The summed E-state index contributed by atoms with van der Waals surface area (Å²) in [5, 5.41) is 13.1. The highest BCUT2D eigenvalue weighted by Gasteiger charge is 2.21. The maximum absolute atomic E-state index is 12.5. The lowest BCUT2D eigenvalue weighted by Gasteiger charge is -2.18. The lowest BCUT2D eigenvalue weighted by molar-refractivity contribution is -0.113. The number of thioether (sulfide) groups is 1.